The minimum atomic E-state index is -0.822. The van der Waals surface area contributed by atoms with Crippen molar-refractivity contribution in [3.63, 3.8) is 0 Å². The molecule has 0 unspecified atom stereocenters. The number of carbonyl (C=O) groups is 1. The van der Waals surface area contributed by atoms with E-state index in [4.69, 9.17) is 5.11 Å². The molecule has 4 heteroatoms. The molecular formula is C20H40K2O2. The molecule has 2 nitrogen and oxygen atoms in total. The first-order chi connectivity index (χ1) is 10.3. The van der Waals surface area contributed by atoms with Crippen LogP contribution >= 0.6 is 0 Å². The Labute approximate surface area is 236 Å². The van der Waals surface area contributed by atoms with E-state index in [9.17, 15) is 4.79 Å². The second-order valence-corrected chi connectivity index (χ2v) is 7.69. The first-order valence-corrected chi connectivity index (χ1v) is 9.21. The molecular weight excluding hydrogens is 350 g/mol. The first-order valence-electron chi connectivity index (χ1n) is 9.21. The molecule has 0 heterocycles. The summed E-state index contributed by atoms with van der Waals surface area (Å²) in [5.74, 6) is 1.65. The maximum absolute atomic E-state index is 10.5. The average molecular weight is 391 g/mol. The molecule has 0 aromatic rings. The third-order valence-corrected chi connectivity index (χ3v) is 4.51. The van der Waals surface area contributed by atoms with E-state index in [1.54, 1.807) is 0 Å². The van der Waals surface area contributed by atoms with Crippen molar-refractivity contribution in [2.45, 2.75) is 92.4 Å². The van der Waals surface area contributed by atoms with Gasteiger partial charge in [-0.15, -0.1) is 0 Å². The van der Waals surface area contributed by atoms with Crippen LogP contribution in [0.4, 0.5) is 0 Å². The molecule has 0 amide bonds. The Hall–Kier alpha value is 2.48. The molecule has 1 N–H and O–H groups in total. The van der Waals surface area contributed by atoms with Gasteiger partial charge in [-0.05, 0) is 37.5 Å². The van der Waals surface area contributed by atoms with Gasteiger partial charge in [0.1, 0.15) is 0 Å². The SMILES string of the molecule is C/C(=C\C(=O)O)CCC[C@H](C)CCC[C@H](C)CCCC(C)C.[KH].[KH]. The maximum atomic E-state index is 10.5. The Kier molecular flexibility index (Phi) is 26.3. The van der Waals surface area contributed by atoms with Crippen molar-refractivity contribution in [2.24, 2.45) is 17.8 Å². The average Bonchev–Trinajstić information content (AvgIpc) is 2.37. The predicted molar refractivity (Wildman–Crippen MR) is 110 cm³/mol. The summed E-state index contributed by atoms with van der Waals surface area (Å²) < 4.78 is 0. The van der Waals surface area contributed by atoms with Crippen LogP contribution in [0.2, 0.25) is 0 Å². The van der Waals surface area contributed by atoms with Gasteiger partial charge in [0.15, 0.2) is 0 Å². The molecule has 134 valence electrons. The van der Waals surface area contributed by atoms with E-state index in [-0.39, 0.29) is 103 Å². The number of hydrogen-bond acceptors (Lipinski definition) is 1. The van der Waals surface area contributed by atoms with Crippen molar-refractivity contribution in [2.75, 3.05) is 0 Å². The van der Waals surface area contributed by atoms with Crippen LogP contribution in [0.15, 0.2) is 11.6 Å². The van der Waals surface area contributed by atoms with Gasteiger partial charge in [0.2, 0.25) is 0 Å². The predicted octanol–water partition coefficient (Wildman–Crippen LogP) is 5.16. The minimum absolute atomic E-state index is 0. The molecule has 0 saturated heterocycles. The van der Waals surface area contributed by atoms with Crippen LogP contribution in [-0.4, -0.2) is 114 Å². The third-order valence-electron chi connectivity index (χ3n) is 4.51. The first kappa shape index (κ1) is 31.2. The zero-order valence-electron chi connectivity index (χ0n) is 15.5. The van der Waals surface area contributed by atoms with Crippen molar-refractivity contribution in [1.82, 2.24) is 0 Å². The molecule has 0 fully saturated rings. The van der Waals surface area contributed by atoms with E-state index in [0.29, 0.717) is 0 Å². The van der Waals surface area contributed by atoms with Crippen LogP contribution < -0.4 is 0 Å². The van der Waals surface area contributed by atoms with Gasteiger partial charge in [0.25, 0.3) is 0 Å². The normalized spacial score (nSPS) is 13.8. The molecule has 0 aromatic carbocycles. The molecule has 0 rings (SSSR count). The van der Waals surface area contributed by atoms with Gasteiger partial charge in [0.05, 0.1) is 0 Å². The summed E-state index contributed by atoms with van der Waals surface area (Å²) in [4.78, 5) is 10.5. The van der Waals surface area contributed by atoms with Crippen molar-refractivity contribution in [1.29, 1.82) is 0 Å². The summed E-state index contributed by atoms with van der Waals surface area (Å²) in [6, 6.07) is 0. The Morgan fingerprint density at radius 3 is 1.67 bits per heavy atom. The van der Waals surface area contributed by atoms with E-state index < -0.39 is 5.97 Å². The fourth-order valence-electron chi connectivity index (χ4n) is 2.99. The van der Waals surface area contributed by atoms with E-state index in [1.807, 2.05) is 6.92 Å². The Balaban J connectivity index is -0.00000220. The third kappa shape index (κ3) is 22.5. The number of carboxylic acids is 1. The summed E-state index contributed by atoms with van der Waals surface area (Å²) in [6.07, 6.45) is 12.7. The van der Waals surface area contributed by atoms with Crippen LogP contribution in [0.1, 0.15) is 92.4 Å². The fraction of sp³-hybridized carbons (Fsp3) is 0.850. The van der Waals surface area contributed by atoms with Crippen molar-refractivity contribution < 1.29 is 9.90 Å². The van der Waals surface area contributed by atoms with Crippen molar-refractivity contribution in [3.8, 4) is 0 Å². The zero-order chi connectivity index (χ0) is 17.0. The molecule has 0 spiro atoms. The van der Waals surface area contributed by atoms with Gasteiger partial charge in [-0.25, -0.2) is 4.79 Å². The van der Waals surface area contributed by atoms with Gasteiger partial charge in [-0.1, -0.05) is 78.2 Å². The van der Waals surface area contributed by atoms with Gasteiger partial charge in [0, 0.05) is 6.08 Å². The van der Waals surface area contributed by atoms with Gasteiger partial charge < -0.3 is 5.11 Å². The summed E-state index contributed by atoms with van der Waals surface area (Å²) in [5, 5.41) is 8.68. The summed E-state index contributed by atoms with van der Waals surface area (Å²) >= 11 is 0. The van der Waals surface area contributed by atoms with E-state index >= 15 is 0 Å². The van der Waals surface area contributed by atoms with Crippen molar-refractivity contribution >= 4 is 109 Å². The molecule has 0 aliphatic heterocycles. The summed E-state index contributed by atoms with van der Waals surface area (Å²) in [5.41, 5.74) is 0.985. The Bertz CT molecular complexity index is 328. The van der Waals surface area contributed by atoms with Gasteiger partial charge in [-0.3, -0.25) is 0 Å². The topological polar surface area (TPSA) is 37.3 Å². The number of aliphatic carboxylic acids is 1. The number of rotatable bonds is 13. The second kappa shape index (κ2) is 20.2. The van der Waals surface area contributed by atoms with Crippen LogP contribution in [0.25, 0.3) is 0 Å². The quantitative estimate of drug-likeness (QED) is 0.348. The van der Waals surface area contributed by atoms with Crippen LogP contribution in [0.3, 0.4) is 0 Å². The Morgan fingerprint density at radius 1 is 0.833 bits per heavy atom. The van der Waals surface area contributed by atoms with E-state index in [2.05, 4.69) is 27.7 Å². The number of carboxylic acid groups (broad SMARTS) is 1. The number of hydrogen-bond donors (Lipinski definition) is 1. The van der Waals surface area contributed by atoms with Gasteiger partial charge >= 0.3 is 109 Å². The van der Waals surface area contributed by atoms with E-state index in [0.717, 1.165) is 36.2 Å². The standard InChI is InChI=1S/C20H38O2.2K.2H/c1-16(2)9-6-10-17(3)11-7-12-18(4)13-8-14-19(5)15-20(21)22;;;;/h15-18H,6-14H2,1-5H3,(H,21,22);;;;/b19-15+;;;;/t17-,18-;;;;/m1..../s1. The van der Waals surface area contributed by atoms with E-state index in [1.165, 1.54) is 51.0 Å². The van der Waals surface area contributed by atoms with Crippen molar-refractivity contribution in [3.05, 3.63) is 11.6 Å². The summed E-state index contributed by atoms with van der Waals surface area (Å²) in [6.45, 7) is 11.3. The van der Waals surface area contributed by atoms with Crippen LogP contribution in [0, 0.1) is 17.8 Å². The molecule has 0 radical (unpaired) electrons. The molecule has 2 atom stereocenters. The molecule has 0 aromatic heterocycles. The van der Waals surface area contributed by atoms with Crippen LogP contribution in [-0.2, 0) is 4.79 Å². The van der Waals surface area contributed by atoms with Gasteiger partial charge in [-0.2, -0.15) is 0 Å². The monoisotopic (exact) mass is 390 g/mol. The molecule has 0 saturated carbocycles. The fourth-order valence-corrected chi connectivity index (χ4v) is 2.99. The number of allylic oxidation sites excluding steroid dienone is 1. The molecule has 0 aliphatic rings. The molecule has 0 aliphatic carbocycles. The van der Waals surface area contributed by atoms with Crippen LogP contribution in [0.5, 0.6) is 0 Å². The zero-order valence-corrected chi connectivity index (χ0v) is 15.5. The summed E-state index contributed by atoms with van der Waals surface area (Å²) in [7, 11) is 0. The second-order valence-electron chi connectivity index (χ2n) is 7.69. The Morgan fingerprint density at radius 2 is 1.25 bits per heavy atom. The molecule has 24 heavy (non-hydrogen) atoms. The molecule has 0 bridgehead atoms.